The molecule has 0 fully saturated rings. The smallest absolute Gasteiger partial charge is 0.415 e. The maximum atomic E-state index is 12.5. The number of halogens is 3. The number of alkyl halides is 3. The highest BCUT2D eigenvalue weighted by molar-refractivity contribution is 7.90. The zero-order valence-electron chi connectivity index (χ0n) is 10.7. The molecule has 20 heavy (non-hydrogen) atoms. The van der Waals surface area contributed by atoms with Gasteiger partial charge in [-0.2, -0.15) is 13.2 Å². The molecule has 4 N–H and O–H groups in total. The average molecular weight is 320 g/mol. The van der Waals surface area contributed by atoms with Gasteiger partial charge in [-0.3, -0.25) is 4.79 Å². The third-order valence-electron chi connectivity index (χ3n) is 2.44. The van der Waals surface area contributed by atoms with Crippen LogP contribution in [-0.2, 0) is 19.4 Å². The number of carbonyl (C=O) groups is 2. The van der Waals surface area contributed by atoms with Crippen molar-refractivity contribution in [3.8, 4) is 0 Å². The molecule has 11 heteroatoms. The summed E-state index contributed by atoms with van der Waals surface area (Å²) in [6.45, 7) is 0.387. The van der Waals surface area contributed by atoms with Gasteiger partial charge in [-0.05, 0) is 13.3 Å². The summed E-state index contributed by atoms with van der Waals surface area (Å²) >= 11 is 0. The highest BCUT2D eigenvalue weighted by Crippen LogP contribution is 2.28. The molecule has 0 aliphatic heterocycles. The van der Waals surface area contributed by atoms with Crippen molar-refractivity contribution in [1.29, 1.82) is 0 Å². The highest BCUT2D eigenvalue weighted by Gasteiger charge is 2.54. The van der Waals surface area contributed by atoms with E-state index in [0.717, 1.165) is 6.26 Å². The van der Waals surface area contributed by atoms with Crippen LogP contribution in [-0.4, -0.2) is 55.2 Å². The van der Waals surface area contributed by atoms with Gasteiger partial charge in [0, 0.05) is 6.26 Å². The van der Waals surface area contributed by atoms with Gasteiger partial charge in [0.1, 0.15) is 15.9 Å². The molecule has 0 aromatic heterocycles. The molecule has 0 rings (SSSR count). The number of carboxylic acid groups (broad SMARTS) is 1. The molecule has 0 bridgehead atoms. The zero-order chi connectivity index (χ0) is 16.4. The number of carboxylic acids is 1. The average Bonchev–Trinajstić information content (AvgIpc) is 2.20. The van der Waals surface area contributed by atoms with E-state index in [1.807, 2.05) is 0 Å². The van der Waals surface area contributed by atoms with E-state index in [4.69, 9.17) is 10.8 Å². The molecule has 0 saturated heterocycles. The Labute approximate surface area is 113 Å². The van der Waals surface area contributed by atoms with Gasteiger partial charge in [0.05, 0.1) is 5.75 Å². The third kappa shape index (κ3) is 5.33. The second-order valence-corrected chi connectivity index (χ2v) is 6.74. The SMILES string of the molecule is CC(N)(C(=O)NC(CCS(C)(=O)=O)C(=O)O)C(F)(F)F. The van der Waals surface area contributed by atoms with Gasteiger partial charge in [-0.25, -0.2) is 13.2 Å². The molecule has 2 atom stereocenters. The molecule has 0 saturated carbocycles. The van der Waals surface area contributed by atoms with Crippen LogP contribution in [0.25, 0.3) is 0 Å². The maximum Gasteiger partial charge on any atom is 0.415 e. The van der Waals surface area contributed by atoms with Gasteiger partial charge >= 0.3 is 12.1 Å². The summed E-state index contributed by atoms with van der Waals surface area (Å²) in [6.07, 6.45) is -4.80. The van der Waals surface area contributed by atoms with Crippen molar-refractivity contribution in [3.05, 3.63) is 0 Å². The molecule has 1 amide bonds. The Morgan fingerprint density at radius 1 is 1.35 bits per heavy atom. The van der Waals surface area contributed by atoms with Crippen LogP contribution in [0.2, 0.25) is 0 Å². The predicted octanol–water partition coefficient (Wildman–Crippen LogP) is -0.730. The van der Waals surface area contributed by atoms with Gasteiger partial charge in [0.25, 0.3) is 0 Å². The molecular weight excluding hydrogens is 305 g/mol. The Morgan fingerprint density at radius 2 is 1.80 bits per heavy atom. The van der Waals surface area contributed by atoms with Crippen molar-refractivity contribution in [1.82, 2.24) is 5.32 Å². The number of rotatable bonds is 6. The Kier molecular flexibility index (Phi) is 5.55. The number of nitrogens with one attached hydrogen (secondary N) is 1. The normalized spacial score (nSPS) is 17.1. The zero-order valence-corrected chi connectivity index (χ0v) is 11.5. The number of hydrogen-bond acceptors (Lipinski definition) is 5. The molecule has 0 heterocycles. The third-order valence-corrected chi connectivity index (χ3v) is 3.42. The standard InChI is InChI=1S/C9H15F3N2O5S/c1-8(13,9(10,11)12)7(17)14-5(6(15)16)3-4-20(2,18)19/h5H,3-4,13H2,1-2H3,(H,14,17)(H,15,16). The monoisotopic (exact) mass is 320 g/mol. The first-order valence-corrected chi connectivity index (χ1v) is 7.31. The first-order chi connectivity index (χ1) is 8.68. The predicted molar refractivity (Wildman–Crippen MR) is 62.5 cm³/mol. The molecule has 0 radical (unpaired) electrons. The Bertz CT molecular complexity index is 486. The minimum Gasteiger partial charge on any atom is -0.480 e. The molecular formula is C9H15F3N2O5S. The number of amides is 1. The first kappa shape index (κ1) is 18.6. The van der Waals surface area contributed by atoms with Crippen LogP contribution in [0.1, 0.15) is 13.3 Å². The van der Waals surface area contributed by atoms with Crippen molar-refractivity contribution in [2.75, 3.05) is 12.0 Å². The second kappa shape index (κ2) is 5.95. The van der Waals surface area contributed by atoms with Crippen molar-refractivity contribution < 1.29 is 36.3 Å². The number of hydrogen-bond donors (Lipinski definition) is 3. The van der Waals surface area contributed by atoms with E-state index in [9.17, 15) is 31.2 Å². The fourth-order valence-corrected chi connectivity index (χ4v) is 1.69. The van der Waals surface area contributed by atoms with Crippen LogP contribution in [0.15, 0.2) is 0 Å². The van der Waals surface area contributed by atoms with E-state index in [0.29, 0.717) is 6.92 Å². The van der Waals surface area contributed by atoms with Crippen LogP contribution in [0, 0.1) is 0 Å². The van der Waals surface area contributed by atoms with Crippen LogP contribution in [0.5, 0.6) is 0 Å². The van der Waals surface area contributed by atoms with Crippen molar-refractivity contribution >= 4 is 21.7 Å². The summed E-state index contributed by atoms with van der Waals surface area (Å²) in [4.78, 5) is 22.2. The Hall–Kier alpha value is -1.36. The minimum atomic E-state index is -5.07. The summed E-state index contributed by atoms with van der Waals surface area (Å²) in [5.74, 6) is -4.00. The fourth-order valence-electron chi connectivity index (χ4n) is 1.03. The lowest BCUT2D eigenvalue weighted by Crippen LogP contribution is -2.63. The summed E-state index contributed by atoms with van der Waals surface area (Å²) in [7, 11) is -3.52. The highest BCUT2D eigenvalue weighted by atomic mass is 32.2. The summed E-state index contributed by atoms with van der Waals surface area (Å²) in [5, 5.41) is 10.3. The molecule has 0 aromatic carbocycles. The Balaban J connectivity index is 4.94. The van der Waals surface area contributed by atoms with Crippen LogP contribution >= 0.6 is 0 Å². The lowest BCUT2D eigenvalue weighted by molar-refractivity contribution is -0.188. The quantitative estimate of drug-likeness (QED) is 0.592. The summed E-state index contributed by atoms with van der Waals surface area (Å²) in [5.41, 5.74) is 1.55. The molecule has 0 spiro atoms. The van der Waals surface area contributed by atoms with Crippen molar-refractivity contribution in [3.63, 3.8) is 0 Å². The second-order valence-electron chi connectivity index (χ2n) is 4.48. The number of aliphatic carboxylic acids is 1. The first-order valence-electron chi connectivity index (χ1n) is 5.25. The van der Waals surface area contributed by atoms with Gasteiger partial charge in [-0.1, -0.05) is 0 Å². The number of sulfone groups is 1. The summed E-state index contributed by atoms with van der Waals surface area (Å²) in [6, 6.07) is -1.78. The largest absolute Gasteiger partial charge is 0.480 e. The number of nitrogens with two attached hydrogens (primary N) is 1. The maximum absolute atomic E-state index is 12.5. The lowest BCUT2D eigenvalue weighted by atomic mass is 10.0. The van der Waals surface area contributed by atoms with Crippen LogP contribution in [0.3, 0.4) is 0 Å². The molecule has 2 unspecified atom stereocenters. The molecule has 118 valence electrons. The fraction of sp³-hybridized carbons (Fsp3) is 0.778. The van der Waals surface area contributed by atoms with E-state index in [1.165, 1.54) is 0 Å². The van der Waals surface area contributed by atoms with E-state index < -0.39 is 51.6 Å². The van der Waals surface area contributed by atoms with Gasteiger partial charge in [0.2, 0.25) is 5.91 Å². The van der Waals surface area contributed by atoms with Crippen molar-refractivity contribution in [2.24, 2.45) is 5.73 Å². The van der Waals surface area contributed by atoms with E-state index in [2.05, 4.69) is 0 Å². The van der Waals surface area contributed by atoms with Crippen LogP contribution in [0.4, 0.5) is 13.2 Å². The van der Waals surface area contributed by atoms with Gasteiger partial charge in [0.15, 0.2) is 5.54 Å². The molecule has 7 nitrogen and oxygen atoms in total. The van der Waals surface area contributed by atoms with Crippen molar-refractivity contribution in [2.45, 2.75) is 31.1 Å². The topological polar surface area (TPSA) is 127 Å². The summed E-state index contributed by atoms with van der Waals surface area (Å²) < 4.78 is 59.2. The molecule has 0 aromatic rings. The number of carbonyl (C=O) groups excluding carboxylic acids is 1. The van der Waals surface area contributed by atoms with Gasteiger partial charge in [-0.15, -0.1) is 0 Å². The van der Waals surface area contributed by atoms with E-state index >= 15 is 0 Å². The molecule has 0 aliphatic rings. The Morgan fingerprint density at radius 3 is 2.10 bits per heavy atom. The van der Waals surface area contributed by atoms with Crippen LogP contribution < -0.4 is 11.1 Å². The van der Waals surface area contributed by atoms with E-state index in [-0.39, 0.29) is 0 Å². The van der Waals surface area contributed by atoms with E-state index in [1.54, 1.807) is 5.32 Å². The van der Waals surface area contributed by atoms with Gasteiger partial charge < -0.3 is 16.2 Å². The minimum absolute atomic E-state index is 0.387. The molecule has 0 aliphatic carbocycles. The lowest BCUT2D eigenvalue weighted by Gasteiger charge is -2.27.